The van der Waals surface area contributed by atoms with E-state index >= 15 is 0 Å². The van der Waals surface area contributed by atoms with E-state index in [-0.39, 0.29) is 6.10 Å². The number of methoxy groups -OCH3 is 1. The van der Waals surface area contributed by atoms with Gasteiger partial charge < -0.3 is 9.47 Å². The number of nitrogens with zero attached hydrogens (tertiary/aromatic N) is 1. The molecule has 5 heteroatoms. The molecule has 22 heavy (non-hydrogen) atoms. The smallest absolute Gasteiger partial charge is 0.429 e. The number of nitrogens with two attached hydrogens (primary N) is 1. The highest BCUT2D eigenvalue weighted by Gasteiger charge is 2.19. The zero-order chi connectivity index (χ0) is 16.1. The number of anilines is 1. The van der Waals surface area contributed by atoms with Crippen molar-refractivity contribution >= 4 is 11.8 Å². The molecular formula is C17H20N2O3. The first-order chi connectivity index (χ1) is 10.5. The molecule has 5 nitrogen and oxygen atoms in total. The highest BCUT2D eigenvalue weighted by molar-refractivity contribution is 5.90. The fourth-order valence-corrected chi connectivity index (χ4v) is 2.05. The van der Waals surface area contributed by atoms with Crippen molar-refractivity contribution in [2.24, 2.45) is 5.84 Å². The molecule has 0 radical (unpaired) electrons. The van der Waals surface area contributed by atoms with Gasteiger partial charge in [0.25, 0.3) is 0 Å². The Labute approximate surface area is 130 Å². The first-order valence-corrected chi connectivity index (χ1v) is 7.02. The Bertz CT molecular complexity index is 642. The average molecular weight is 300 g/mol. The number of hydrogen-bond donors (Lipinski definition) is 1. The molecule has 0 atom stereocenters. The molecule has 0 aliphatic rings. The van der Waals surface area contributed by atoms with Crippen LogP contribution in [-0.4, -0.2) is 19.3 Å². The quantitative estimate of drug-likeness (QED) is 0.532. The van der Waals surface area contributed by atoms with Gasteiger partial charge in [-0.05, 0) is 37.1 Å². The predicted octanol–water partition coefficient (Wildman–Crippen LogP) is 3.59. The largest absolute Gasteiger partial charge is 0.495 e. The average Bonchev–Trinajstić information content (AvgIpc) is 2.53. The maximum Gasteiger partial charge on any atom is 0.429 e. The molecule has 116 valence electrons. The van der Waals surface area contributed by atoms with Gasteiger partial charge in [-0.1, -0.05) is 36.4 Å². The third kappa shape index (κ3) is 3.56. The van der Waals surface area contributed by atoms with Crippen molar-refractivity contribution in [1.29, 1.82) is 0 Å². The molecule has 0 bridgehead atoms. The van der Waals surface area contributed by atoms with Gasteiger partial charge >= 0.3 is 6.09 Å². The highest BCUT2D eigenvalue weighted by atomic mass is 16.6. The van der Waals surface area contributed by atoms with E-state index in [0.29, 0.717) is 11.4 Å². The Kier molecular flexibility index (Phi) is 5.01. The van der Waals surface area contributed by atoms with Crippen molar-refractivity contribution in [3.8, 4) is 16.9 Å². The second-order valence-electron chi connectivity index (χ2n) is 5.06. The van der Waals surface area contributed by atoms with Crippen LogP contribution in [0.4, 0.5) is 10.5 Å². The van der Waals surface area contributed by atoms with Crippen LogP contribution < -0.4 is 15.6 Å². The highest BCUT2D eigenvalue weighted by Crippen LogP contribution is 2.32. The lowest BCUT2D eigenvalue weighted by molar-refractivity contribution is 0.122. The van der Waals surface area contributed by atoms with Gasteiger partial charge in [-0.3, -0.25) is 0 Å². The minimum Gasteiger partial charge on any atom is -0.495 e. The number of carbonyl (C=O) groups is 1. The molecule has 0 fully saturated rings. The third-order valence-corrected chi connectivity index (χ3v) is 3.08. The van der Waals surface area contributed by atoms with E-state index in [0.717, 1.165) is 16.1 Å². The summed E-state index contributed by atoms with van der Waals surface area (Å²) >= 11 is 0. The molecule has 2 N–H and O–H groups in total. The molecule has 2 rings (SSSR count). The second kappa shape index (κ2) is 6.95. The fraction of sp³-hybridized carbons (Fsp3) is 0.235. The van der Waals surface area contributed by atoms with Gasteiger partial charge in [0, 0.05) is 0 Å². The van der Waals surface area contributed by atoms with Gasteiger partial charge in [-0.25, -0.2) is 15.6 Å². The van der Waals surface area contributed by atoms with Crippen LogP contribution in [0.2, 0.25) is 0 Å². The Morgan fingerprint density at radius 3 is 2.36 bits per heavy atom. The van der Waals surface area contributed by atoms with Crippen molar-refractivity contribution in [3.63, 3.8) is 0 Å². The molecule has 0 saturated heterocycles. The minimum absolute atomic E-state index is 0.248. The van der Waals surface area contributed by atoms with Crippen molar-refractivity contribution in [3.05, 3.63) is 48.5 Å². The summed E-state index contributed by atoms with van der Waals surface area (Å²) in [6.45, 7) is 3.53. The number of amides is 1. The van der Waals surface area contributed by atoms with Crippen molar-refractivity contribution in [1.82, 2.24) is 0 Å². The Morgan fingerprint density at radius 1 is 1.09 bits per heavy atom. The summed E-state index contributed by atoms with van der Waals surface area (Å²) < 4.78 is 10.4. The lowest BCUT2D eigenvalue weighted by Gasteiger charge is -2.21. The number of benzene rings is 2. The molecule has 0 aliphatic carbocycles. The number of carbonyl (C=O) groups excluding carboxylic acids is 1. The second-order valence-corrected chi connectivity index (χ2v) is 5.06. The van der Waals surface area contributed by atoms with E-state index in [9.17, 15) is 4.79 Å². The van der Waals surface area contributed by atoms with Gasteiger partial charge in [-0.2, -0.15) is 0 Å². The lowest BCUT2D eigenvalue weighted by Crippen LogP contribution is -2.39. The maximum absolute atomic E-state index is 12.0. The molecule has 2 aromatic carbocycles. The Morgan fingerprint density at radius 2 is 1.77 bits per heavy atom. The van der Waals surface area contributed by atoms with E-state index in [1.54, 1.807) is 26.0 Å². The summed E-state index contributed by atoms with van der Waals surface area (Å²) in [6, 6.07) is 15.3. The maximum atomic E-state index is 12.0. The third-order valence-electron chi connectivity index (χ3n) is 3.08. The van der Waals surface area contributed by atoms with Gasteiger partial charge in [0.2, 0.25) is 0 Å². The molecule has 0 aliphatic heterocycles. The Hall–Kier alpha value is -2.53. The summed E-state index contributed by atoms with van der Waals surface area (Å²) in [5.74, 6) is 6.39. The van der Waals surface area contributed by atoms with Gasteiger partial charge in [0.15, 0.2) is 0 Å². The van der Waals surface area contributed by atoms with Crippen molar-refractivity contribution in [2.75, 3.05) is 12.1 Å². The Balaban J connectivity index is 2.38. The van der Waals surface area contributed by atoms with Gasteiger partial charge in [0.05, 0.1) is 13.2 Å². The molecule has 2 aromatic rings. The summed E-state index contributed by atoms with van der Waals surface area (Å²) in [7, 11) is 1.53. The van der Waals surface area contributed by atoms with Gasteiger partial charge in [0.1, 0.15) is 11.4 Å². The van der Waals surface area contributed by atoms with Crippen LogP contribution in [-0.2, 0) is 4.74 Å². The minimum atomic E-state index is -0.626. The number of ether oxygens (including phenoxy) is 2. The number of rotatable bonds is 4. The molecule has 0 unspecified atom stereocenters. The molecule has 0 spiro atoms. The predicted molar refractivity (Wildman–Crippen MR) is 86.7 cm³/mol. The topological polar surface area (TPSA) is 64.8 Å². The lowest BCUT2D eigenvalue weighted by atomic mass is 10.0. The molecule has 1 amide bonds. The van der Waals surface area contributed by atoms with E-state index < -0.39 is 6.09 Å². The molecule has 0 saturated carbocycles. The van der Waals surface area contributed by atoms with Crippen LogP contribution in [0.25, 0.3) is 11.1 Å². The zero-order valence-corrected chi connectivity index (χ0v) is 12.9. The van der Waals surface area contributed by atoms with Gasteiger partial charge in [-0.15, -0.1) is 0 Å². The normalized spacial score (nSPS) is 10.4. The summed E-state index contributed by atoms with van der Waals surface area (Å²) in [6.07, 6.45) is -0.875. The van der Waals surface area contributed by atoms with Crippen LogP contribution in [0.5, 0.6) is 5.75 Å². The fourth-order valence-electron chi connectivity index (χ4n) is 2.05. The summed E-state index contributed by atoms with van der Waals surface area (Å²) in [5, 5.41) is 0.964. The monoisotopic (exact) mass is 300 g/mol. The van der Waals surface area contributed by atoms with Crippen molar-refractivity contribution < 1.29 is 14.3 Å². The van der Waals surface area contributed by atoms with Crippen molar-refractivity contribution in [2.45, 2.75) is 20.0 Å². The first-order valence-electron chi connectivity index (χ1n) is 7.02. The summed E-state index contributed by atoms with van der Waals surface area (Å²) in [5.41, 5.74) is 2.41. The van der Waals surface area contributed by atoms with Crippen LogP contribution in [0, 0.1) is 0 Å². The number of hydrazine groups is 1. The SMILES string of the molecule is COc1ccc(-c2ccccc2)cc1N(N)C(=O)OC(C)C. The van der Waals surface area contributed by atoms with Crippen LogP contribution in [0.15, 0.2) is 48.5 Å². The van der Waals surface area contributed by atoms with Crippen LogP contribution >= 0.6 is 0 Å². The first kappa shape index (κ1) is 15.9. The van der Waals surface area contributed by atoms with Crippen LogP contribution in [0.1, 0.15) is 13.8 Å². The molecular weight excluding hydrogens is 280 g/mol. The standard InChI is InChI=1S/C17H20N2O3/c1-12(2)22-17(20)19(18)15-11-14(9-10-16(15)21-3)13-7-5-4-6-8-13/h4-12H,18H2,1-3H3. The van der Waals surface area contributed by atoms with Crippen LogP contribution in [0.3, 0.4) is 0 Å². The van der Waals surface area contributed by atoms with E-state index in [1.165, 1.54) is 7.11 Å². The molecule has 0 heterocycles. The summed E-state index contributed by atoms with van der Waals surface area (Å²) in [4.78, 5) is 12.0. The van der Waals surface area contributed by atoms with E-state index in [2.05, 4.69) is 0 Å². The zero-order valence-electron chi connectivity index (χ0n) is 12.9. The van der Waals surface area contributed by atoms with E-state index in [4.69, 9.17) is 15.3 Å². The van der Waals surface area contributed by atoms with E-state index in [1.807, 2.05) is 36.4 Å². The molecule has 0 aromatic heterocycles. The number of hydrogen-bond acceptors (Lipinski definition) is 4.